The smallest absolute Gasteiger partial charge is 0.254 e. The summed E-state index contributed by atoms with van der Waals surface area (Å²) < 4.78 is 13.2. The van der Waals surface area contributed by atoms with Crippen molar-refractivity contribution >= 4 is 16.9 Å². The Hall–Kier alpha value is -2.77. The Bertz CT molecular complexity index is 1070. The van der Waals surface area contributed by atoms with E-state index in [0.29, 0.717) is 37.8 Å². The van der Waals surface area contributed by atoms with Crippen molar-refractivity contribution in [3.8, 4) is 11.3 Å². The zero-order valence-electron chi connectivity index (χ0n) is 18.0. The van der Waals surface area contributed by atoms with E-state index in [1.54, 1.807) is 6.20 Å². The largest absolute Gasteiger partial charge is 0.350 e. The third-order valence-electron chi connectivity index (χ3n) is 6.22. The molecule has 0 bridgehead atoms. The van der Waals surface area contributed by atoms with Crippen LogP contribution in [0.5, 0.6) is 0 Å². The van der Waals surface area contributed by atoms with Crippen molar-refractivity contribution in [3.05, 3.63) is 48.2 Å². The normalized spacial score (nSPS) is 18.4. The monoisotopic (exact) mass is 420 g/mol. The maximum absolute atomic E-state index is 13.6. The van der Waals surface area contributed by atoms with Gasteiger partial charge in [0, 0.05) is 30.6 Å². The molecule has 4 heterocycles. The number of benzene rings is 1. The summed E-state index contributed by atoms with van der Waals surface area (Å²) in [5.74, 6) is 0.396. The first-order chi connectivity index (χ1) is 15.1. The molecular weight excluding hydrogens is 392 g/mol. The number of pyridine rings is 1. The number of amides is 1. The van der Waals surface area contributed by atoms with Crippen LogP contribution in [0.4, 0.5) is 0 Å². The zero-order chi connectivity index (χ0) is 21.4. The summed E-state index contributed by atoms with van der Waals surface area (Å²) in [6.45, 7) is 6.89. The molecule has 162 valence electrons. The summed E-state index contributed by atoms with van der Waals surface area (Å²) in [7, 11) is 0. The number of likely N-dealkylation sites (tertiary alicyclic amines) is 1. The highest BCUT2D eigenvalue weighted by Gasteiger charge is 2.32. The van der Waals surface area contributed by atoms with Crippen molar-refractivity contribution in [2.24, 2.45) is 5.92 Å². The zero-order valence-corrected chi connectivity index (χ0v) is 18.0. The van der Waals surface area contributed by atoms with Gasteiger partial charge in [-0.15, -0.1) is 0 Å². The number of piperidine rings is 1. The molecule has 0 N–H and O–H groups in total. The van der Waals surface area contributed by atoms with Crippen LogP contribution in [0.25, 0.3) is 22.3 Å². The van der Waals surface area contributed by atoms with E-state index in [0.717, 1.165) is 35.1 Å². The second-order valence-corrected chi connectivity index (χ2v) is 8.58. The minimum absolute atomic E-state index is 0.0413. The summed E-state index contributed by atoms with van der Waals surface area (Å²) in [5.41, 5.74) is 3.20. The van der Waals surface area contributed by atoms with Gasteiger partial charge in [0.05, 0.1) is 36.1 Å². The number of hydrogen-bond acceptors (Lipinski definition) is 5. The van der Waals surface area contributed by atoms with Crippen LogP contribution in [0.1, 0.15) is 43.1 Å². The predicted molar refractivity (Wildman–Crippen MR) is 118 cm³/mol. The second kappa shape index (κ2) is 8.40. The van der Waals surface area contributed by atoms with E-state index in [1.807, 2.05) is 46.0 Å². The summed E-state index contributed by atoms with van der Waals surface area (Å²) in [6, 6.07) is 12.1. The molecule has 0 saturated carbocycles. The number of nitrogens with zero attached hydrogens (tertiary/aromatic N) is 4. The molecule has 31 heavy (non-hydrogen) atoms. The van der Waals surface area contributed by atoms with Gasteiger partial charge in [0.1, 0.15) is 0 Å². The minimum Gasteiger partial charge on any atom is -0.350 e. The van der Waals surface area contributed by atoms with E-state index in [1.165, 1.54) is 0 Å². The minimum atomic E-state index is -0.112. The van der Waals surface area contributed by atoms with Crippen molar-refractivity contribution in [2.75, 3.05) is 26.3 Å². The Labute approximate surface area is 182 Å². The van der Waals surface area contributed by atoms with Crippen molar-refractivity contribution in [1.29, 1.82) is 0 Å². The molecule has 0 atom stereocenters. The van der Waals surface area contributed by atoms with Crippen LogP contribution >= 0.6 is 0 Å². The lowest BCUT2D eigenvalue weighted by molar-refractivity contribution is -0.0956. The van der Waals surface area contributed by atoms with Crippen LogP contribution in [0, 0.1) is 5.92 Å². The lowest BCUT2D eigenvalue weighted by Gasteiger charge is -2.34. The maximum atomic E-state index is 13.6. The Morgan fingerprint density at radius 2 is 1.81 bits per heavy atom. The third kappa shape index (κ3) is 3.83. The van der Waals surface area contributed by atoms with Crippen LogP contribution < -0.4 is 0 Å². The van der Waals surface area contributed by atoms with E-state index in [4.69, 9.17) is 14.5 Å². The van der Waals surface area contributed by atoms with Gasteiger partial charge in [-0.05, 0) is 32.8 Å². The van der Waals surface area contributed by atoms with E-state index < -0.39 is 0 Å². The molecule has 0 aliphatic carbocycles. The average molecular weight is 421 g/mol. The molecule has 5 rings (SSSR count). The summed E-state index contributed by atoms with van der Waals surface area (Å²) in [6.07, 6.45) is 3.44. The second-order valence-electron chi connectivity index (χ2n) is 8.58. The fourth-order valence-electron chi connectivity index (χ4n) is 4.52. The number of hydrogen-bond donors (Lipinski definition) is 0. The molecule has 7 nitrogen and oxygen atoms in total. The number of aromatic nitrogens is 3. The molecule has 2 fully saturated rings. The number of rotatable bonds is 4. The van der Waals surface area contributed by atoms with E-state index in [-0.39, 0.29) is 18.2 Å². The Balaban J connectivity index is 1.47. The Kier molecular flexibility index (Phi) is 5.46. The summed E-state index contributed by atoms with van der Waals surface area (Å²) >= 11 is 0. The van der Waals surface area contributed by atoms with Crippen LogP contribution in [0.3, 0.4) is 0 Å². The van der Waals surface area contributed by atoms with E-state index >= 15 is 0 Å². The number of carbonyl (C=O) groups is 1. The lowest BCUT2D eigenvalue weighted by Crippen LogP contribution is -2.41. The molecule has 0 spiro atoms. The van der Waals surface area contributed by atoms with Gasteiger partial charge in [-0.1, -0.05) is 30.3 Å². The molecule has 0 unspecified atom stereocenters. The number of fused-ring (bicyclic) bond motifs is 1. The van der Waals surface area contributed by atoms with Crippen LogP contribution in [-0.2, 0) is 9.47 Å². The average Bonchev–Trinajstić information content (AvgIpc) is 3.49. The lowest BCUT2D eigenvalue weighted by atomic mass is 9.95. The van der Waals surface area contributed by atoms with Crippen molar-refractivity contribution in [3.63, 3.8) is 0 Å². The molecule has 2 aromatic heterocycles. The van der Waals surface area contributed by atoms with Gasteiger partial charge in [-0.2, -0.15) is 5.10 Å². The first-order valence-corrected chi connectivity index (χ1v) is 11.1. The first kappa shape index (κ1) is 20.2. The topological polar surface area (TPSA) is 69.5 Å². The SMILES string of the molecule is CC(C)n1ncc2c(C(=O)N3CCC(C4OCCO4)CC3)cc(-c3ccccc3)nc21. The predicted octanol–water partition coefficient (Wildman–Crippen LogP) is 3.90. The van der Waals surface area contributed by atoms with E-state index in [9.17, 15) is 4.79 Å². The van der Waals surface area contributed by atoms with Crippen LogP contribution in [-0.4, -0.2) is 58.2 Å². The molecule has 2 saturated heterocycles. The van der Waals surface area contributed by atoms with Crippen LogP contribution in [0.2, 0.25) is 0 Å². The van der Waals surface area contributed by atoms with Gasteiger partial charge < -0.3 is 14.4 Å². The molecule has 7 heteroatoms. The van der Waals surface area contributed by atoms with Gasteiger partial charge >= 0.3 is 0 Å². The highest BCUT2D eigenvalue weighted by atomic mass is 16.7. The van der Waals surface area contributed by atoms with Gasteiger partial charge in [-0.25, -0.2) is 9.67 Å². The van der Waals surface area contributed by atoms with Crippen LogP contribution in [0.15, 0.2) is 42.6 Å². The van der Waals surface area contributed by atoms with Gasteiger partial charge in [0.25, 0.3) is 5.91 Å². The number of carbonyl (C=O) groups excluding carboxylic acids is 1. The fourth-order valence-corrected chi connectivity index (χ4v) is 4.52. The summed E-state index contributed by atoms with van der Waals surface area (Å²) in [5, 5.41) is 5.34. The Morgan fingerprint density at radius 1 is 1.10 bits per heavy atom. The molecular formula is C24H28N4O3. The third-order valence-corrected chi connectivity index (χ3v) is 6.22. The maximum Gasteiger partial charge on any atom is 0.254 e. The molecule has 3 aromatic rings. The van der Waals surface area contributed by atoms with Gasteiger partial charge in [0.15, 0.2) is 11.9 Å². The molecule has 1 aromatic carbocycles. The van der Waals surface area contributed by atoms with Gasteiger partial charge in [-0.3, -0.25) is 4.79 Å². The molecule has 2 aliphatic heterocycles. The highest BCUT2D eigenvalue weighted by molar-refractivity contribution is 6.06. The van der Waals surface area contributed by atoms with Crippen molar-refractivity contribution in [1.82, 2.24) is 19.7 Å². The fraction of sp³-hybridized carbons (Fsp3) is 0.458. The number of ether oxygens (including phenoxy) is 2. The first-order valence-electron chi connectivity index (χ1n) is 11.1. The molecule has 1 amide bonds. The summed E-state index contributed by atoms with van der Waals surface area (Å²) in [4.78, 5) is 20.4. The van der Waals surface area contributed by atoms with E-state index in [2.05, 4.69) is 18.9 Å². The quantitative estimate of drug-likeness (QED) is 0.640. The van der Waals surface area contributed by atoms with Crippen molar-refractivity contribution < 1.29 is 14.3 Å². The molecule has 0 radical (unpaired) electrons. The Morgan fingerprint density at radius 3 is 2.48 bits per heavy atom. The highest BCUT2D eigenvalue weighted by Crippen LogP contribution is 2.30. The standard InChI is InChI=1S/C24H28N4O3/c1-16(2)28-22-20(15-25-28)19(14-21(26-22)17-6-4-3-5-7-17)23(29)27-10-8-18(9-11-27)24-30-12-13-31-24/h3-7,14-16,18,24H,8-13H2,1-2H3. The van der Waals surface area contributed by atoms with Gasteiger partial charge in [0.2, 0.25) is 0 Å². The van der Waals surface area contributed by atoms with Crippen molar-refractivity contribution in [2.45, 2.75) is 39.0 Å². The molecule has 2 aliphatic rings.